The Hall–Kier alpha value is -2.04. The maximum atomic E-state index is 11.9. The number of hydrogen-bond donors (Lipinski definition) is 1. The van der Waals surface area contributed by atoms with Gasteiger partial charge >= 0.3 is 5.97 Å². The monoisotopic (exact) mass is 235 g/mol. The molecule has 5 heteroatoms. The molecule has 1 saturated heterocycles. The van der Waals surface area contributed by atoms with Gasteiger partial charge in [0.1, 0.15) is 11.7 Å². The van der Waals surface area contributed by atoms with E-state index in [4.69, 9.17) is 9.84 Å². The Morgan fingerprint density at radius 2 is 2.29 bits per heavy atom. The Morgan fingerprint density at radius 1 is 1.53 bits per heavy atom. The van der Waals surface area contributed by atoms with Crippen molar-refractivity contribution in [2.75, 3.05) is 18.6 Å². The van der Waals surface area contributed by atoms with Crippen molar-refractivity contribution in [2.24, 2.45) is 5.92 Å². The number of methoxy groups -OCH3 is 1. The topological polar surface area (TPSA) is 66.8 Å². The number of hydrogen-bond acceptors (Lipinski definition) is 3. The molecule has 0 bridgehead atoms. The predicted molar refractivity (Wildman–Crippen MR) is 61.1 cm³/mol. The second-order valence-corrected chi connectivity index (χ2v) is 3.87. The second kappa shape index (κ2) is 4.45. The molecule has 1 atom stereocenters. The first-order chi connectivity index (χ1) is 8.13. The molecule has 0 spiro atoms. The number of anilines is 1. The molecule has 1 heterocycles. The van der Waals surface area contributed by atoms with Crippen molar-refractivity contribution >= 4 is 17.6 Å². The Balaban J connectivity index is 2.24. The SMILES string of the molecule is COc1cccc(N2CC[C@H](C(=O)O)C2=O)c1. The highest BCUT2D eigenvalue weighted by molar-refractivity contribution is 6.07. The summed E-state index contributed by atoms with van der Waals surface area (Å²) in [5.74, 6) is -1.68. The van der Waals surface area contributed by atoms with Gasteiger partial charge in [0.15, 0.2) is 0 Å². The molecular formula is C12H13NO4. The van der Waals surface area contributed by atoms with Crippen LogP contribution < -0.4 is 9.64 Å². The summed E-state index contributed by atoms with van der Waals surface area (Å²) in [6.45, 7) is 0.433. The van der Waals surface area contributed by atoms with Crippen LogP contribution in [0.1, 0.15) is 6.42 Å². The molecule has 1 fully saturated rings. The number of carboxylic acid groups (broad SMARTS) is 1. The van der Waals surface area contributed by atoms with E-state index in [-0.39, 0.29) is 5.91 Å². The number of carbonyl (C=O) groups excluding carboxylic acids is 1. The van der Waals surface area contributed by atoms with Gasteiger partial charge in [-0.05, 0) is 18.6 Å². The normalized spacial score (nSPS) is 19.5. The highest BCUT2D eigenvalue weighted by Gasteiger charge is 2.37. The predicted octanol–water partition coefficient (Wildman–Crippen LogP) is 1.13. The van der Waals surface area contributed by atoms with Gasteiger partial charge in [-0.3, -0.25) is 9.59 Å². The number of ether oxygens (including phenoxy) is 1. The molecule has 0 saturated carbocycles. The molecule has 1 N–H and O–H groups in total. The molecule has 0 unspecified atom stereocenters. The third kappa shape index (κ3) is 2.08. The van der Waals surface area contributed by atoms with Crippen molar-refractivity contribution in [1.29, 1.82) is 0 Å². The summed E-state index contributed by atoms with van der Waals surface area (Å²) in [4.78, 5) is 24.2. The summed E-state index contributed by atoms with van der Waals surface area (Å²) >= 11 is 0. The van der Waals surface area contributed by atoms with Gasteiger partial charge in [0, 0.05) is 18.3 Å². The smallest absolute Gasteiger partial charge is 0.316 e. The van der Waals surface area contributed by atoms with Gasteiger partial charge in [-0.25, -0.2) is 0 Å². The highest BCUT2D eigenvalue weighted by Crippen LogP contribution is 2.27. The minimum absolute atomic E-state index is 0.353. The van der Waals surface area contributed by atoms with Gasteiger partial charge in [-0.15, -0.1) is 0 Å². The number of nitrogens with zero attached hydrogens (tertiary/aromatic N) is 1. The number of aliphatic carboxylic acids is 1. The summed E-state index contributed by atoms with van der Waals surface area (Å²) in [5, 5.41) is 8.88. The minimum atomic E-state index is -1.06. The Labute approximate surface area is 98.6 Å². The summed E-state index contributed by atoms with van der Waals surface area (Å²) in [7, 11) is 1.55. The zero-order chi connectivity index (χ0) is 12.4. The van der Waals surface area contributed by atoms with E-state index in [0.29, 0.717) is 24.4 Å². The average molecular weight is 235 g/mol. The first kappa shape index (κ1) is 11.4. The molecule has 1 aliphatic heterocycles. The molecular weight excluding hydrogens is 222 g/mol. The van der Waals surface area contributed by atoms with Crippen LogP contribution in [0.3, 0.4) is 0 Å². The third-order valence-electron chi connectivity index (χ3n) is 2.87. The molecule has 1 aromatic rings. The Kier molecular flexibility index (Phi) is 2.99. The lowest BCUT2D eigenvalue weighted by Gasteiger charge is -2.16. The first-order valence-electron chi connectivity index (χ1n) is 5.31. The molecule has 1 amide bonds. The van der Waals surface area contributed by atoms with Crippen molar-refractivity contribution in [3.8, 4) is 5.75 Å². The molecule has 1 aromatic carbocycles. The van der Waals surface area contributed by atoms with Crippen LogP contribution >= 0.6 is 0 Å². The molecule has 0 radical (unpaired) electrons. The van der Waals surface area contributed by atoms with Crippen LogP contribution in [0.2, 0.25) is 0 Å². The summed E-state index contributed by atoms with van der Waals surface area (Å²) in [5.41, 5.74) is 0.679. The van der Waals surface area contributed by atoms with E-state index < -0.39 is 11.9 Å². The highest BCUT2D eigenvalue weighted by atomic mass is 16.5. The van der Waals surface area contributed by atoms with E-state index in [0.717, 1.165) is 0 Å². The second-order valence-electron chi connectivity index (χ2n) is 3.87. The van der Waals surface area contributed by atoms with Gasteiger partial charge in [0.05, 0.1) is 7.11 Å². The number of benzene rings is 1. The Morgan fingerprint density at radius 3 is 2.88 bits per heavy atom. The lowest BCUT2D eigenvalue weighted by molar-refractivity contribution is -0.144. The fourth-order valence-corrected chi connectivity index (χ4v) is 1.94. The van der Waals surface area contributed by atoms with Crippen LogP contribution in [0, 0.1) is 5.92 Å². The fourth-order valence-electron chi connectivity index (χ4n) is 1.94. The van der Waals surface area contributed by atoms with Gasteiger partial charge in [-0.1, -0.05) is 6.07 Å². The standard InChI is InChI=1S/C12H13NO4/c1-17-9-4-2-3-8(7-9)13-6-5-10(11(13)14)12(15)16/h2-4,7,10H,5-6H2,1H3,(H,15,16)/t10-/m0/s1. The molecule has 17 heavy (non-hydrogen) atoms. The lowest BCUT2D eigenvalue weighted by atomic mass is 10.1. The van der Waals surface area contributed by atoms with Crippen LogP contribution in [0.5, 0.6) is 5.75 Å². The maximum absolute atomic E-state index is 11.9. The quantitative estimate of drug-likeness (QED) is 0.797. The largest absolute Gasteiger partial charge is 0.497 e. The average Bonchev–Trinajstić information content (AvgIpc) is 2.71. The molecule has 90 valence electrons. The maximum Gasteiger partial charge on any atom is 0.316 e. The van der Waals surface area contributed by atoms with E-state index in [1.54, 1.807) is 31.4 Å². The summed E-state index contributed by atoms with van der Waals surface area (Å²) in [6.07, 6.45) is 0.353. The van der Waals surface area contributed by atoms with E-state index in [2.05, 4.69) is 0 Å². The number of carbonyl (C=O) groups is 2. The van der Waals surface area contributed by atoms with Crippen molar-refractivity contribution in [1.82, 2.24) is 0 Å². The zero-order valence-corrected chi connectivity index (χ0v) is 9.42. The van der Waals surface area contributed by atoms with Crippen LogP contribution in [0.4, 0.5) is 5.69 Å². The Bertz CT molecular complexity index is 458. The van der Waals surface area contributed by atoms with E-state index in [9.17, 15) is 9.59 Å². The van der Waals surface area contributed by atoms with Crippen LogP contribution in [0.25, 0.3) is 0 Å². The third-order valence-corrected chi connectivity index (χ3v) is 2.87. The van der Waals surface area contributed by atoms with E-state index >= 15 is 0 Å². The van der Waals surface area contributed by atoms with Gasteiger partial charge in [0.25, 0.3) is 0 Å². The zero-order valence-electron chi connectivity index (χ0n) is 9.42. The number of rotatable bonds is 3. The minimum Gasteiger partial charge on any atom is -0.497 e. The fraction of sp³-hybridized carbons (Fsp3) is 0.333. The number of carboxylic acids is 1. The van der Waals surface area contributed by atoms with Crippen molar-refractivity contribution in [2.45, 2.75) is 6.42 Å². The van der Waals surface area contributed by atoms with Gasteiger partial charge in [-0.2, -0.15) is 0 Å². The molecule has 2 rings (SSSR count). The van der Waals surface area contributed by atoms with E-state index in [1.165, 1.54) is 4.90 Å². The van der Waals surface area contributed by atoms with Crippen LogP contribution in [-0.4, -0.2) is 30.6 Å². The lowest BCUT2D eigenvalue weighted by Crippen LogP contribution is -2.30. The molecule has 0 aliphatic carbocycles. The summed E-state index contributed by atoms with van der Waals surface area (Å²) in [6, 6.07) is 7.04. The van der Waals surface area contributed by atoms with Gasteiger partial charge in [0.2, 0.25) is 5.91 Å². The first-order valence-corrected chi connectivity index (χ1v) is 5.31. The van der Waals surface area contributed by atoms with Crippen LogP contribution in [0.15, 0.2) is 24.3 Å². The van der Waals surface area contributed by atoms with Crippen molar-refractivity contribution < 1.29 is 19.4 Å². The molecule has 1 aliphatic rings. The van der Waals surface area contributed by atoms with Gasteiger partial charge < -0.3 is 14.7 Å². The summed E-state index contributed by atoms with van der Waals surface area (Å²) < 4.78 is 5.07. The number of amides is 1. The van der Waals surface area contributed by atoms with Crippen molar-refractivity contribution in [3.63, 3.8) is 0 Å². The molecule has 5 nitrogen and oxygen atoms in total. The van der Waals surface area contributed by atoms with E-state index in [1.807, 2.05) is 0 Å². The van der Waals surface area contributed by atoms with Crippen LogP contribution in [-0.2, 0) is 9.59 Å². The van der Waals surface area contributed by atoms with Crippen molar-refractivity contribution in [3.05, 3.63) is 24.3 Å². The molecule has 0 aromatic heterocycles.